The summed E-state index contributed by atoms with van der Waals surface area (Å²) < 4.78 is 18.5. The van der Waals surface area contributed by atoms with Crippen molar-refractivity contribution in [1.82, 2.24) is 5.32 Å². The van der Waals surface area contributed by atoms with Crippen molar-refractivity contribution in [2.24, 2.45) is 5.92 Å². The van der Waals surface area contributed by atoms with Crippen LogP contribution in [0.5, 0.6) is 5.75 Å². The number of benzene rings is 1. The summed E-state index contributed by atoms with van der Waals surface area (Å²) in [6.07, 6.45) is -0.677. The number of carbonyl (C=O) groups is 1. The number of nitrogens with one attached hydrogen (secondary N) is 1. The van der Waals surface area contributed by atoms with Crippen molar-refractivity contribution in [2.45, 2.75) is 26.9 Å². The van der Waals surface area contributed by atoms with Gasteiger partial charge in [0.25, 0.3) is 5.91 Å². The Hall–Kier alpha value is -1.29. The number of amides is 1. The lowest BCUT2D eigenvalue weighted by molar-refractivity contribution is -0.127. The Morgan fingerprint density at radius 1 is 1.44 bits per heavy atom. The maximum absolute atomic E-state index is 13.2. The fourth-order valence-corrected chi connectivity index (χ4v) is 1.37. The quantitative estimate of drug-likeness (QED) is 0.896. The zero-order valence-electron chi connectivity index (χ0n) is 10.7. The maximum atomic E-state index is 13.2. The molecule has 0 spiro atoms. The maximum Gasteiger partial charge on any atom is 0.260 e. The first-order valence-corrected chi connectivity index (χ1v) is 6.17. The van der Waals surface area contributed by atoms with Gasteiger partial charge in [-0.3, -0.25) is 4.79 Å². The smallest absolute Gasteiger partial charge is 0.260 e. The molecule has 1 amide bonds. The molecule has 18 heavy (non-hydrogen) atoms. The highest BCUT2D eigenvalue weighted by Crippen LogP contribution is 2.21. The Morgan fingerprint density at radius 3 is 2.67 bits per heavy atom. The van der Waals surface area contributed by atoms with E-state index in [1.165, 1.54) is 12.1 Å². The third-order valence-corrected chi connectivity index (χ3v) is 2.56. The topological polar surface area (TPSA) is 38.3 Å². The molecule has 1 N–H and O–H groups in total. The van der Waals surface area contributed by atoms with Crippen molar-refractivity contribution in [3.63, 3.8) is 0 Å². The summed E-state index contributed by atoms with van der Waals surface area (Å²) in [6, 6.07) is 4.08. The lowest BCUT2D eigenvalue weighted by Crippen LogP contribution is -2.38. The molecule has 0 fully saturated rings. The molecule has 3 nitrogen and oxygen atoms in total. The summed E-state index contributed by atoms with van der Waals surface area (Å²) in [5.74, 6) is -0.138. The first kappa shape index (κ1) is 14.8. The summed E-state index contributed by atoms with van der Waals surface area (Å²) in [4.78, 5) is 11.6. The third-order valence-electron chi connectivity index (χ3n) is 2.26. The second kappa shape index (κ2) is 6.59. The van der Waals surface area contributed by atoms with Crippen molar-refractivity contribution in [3.8, 4) is 5.75 Å². The lowest BCUT2D eigenvalue weighted by Gasteiger charge is -2.15. The average Bonchev–Trinajstić information content (AvgIpc) is 2.30. The molecule has 0 saturated heterocycles. The molecular weight excluding hydrogens is 257 g/mol. The highest BCUT2D eigenvalue weighted by atomic mass is 35.5. The molecule has 0 aliphatic carbocycles. The van der Waals surface area contributed by atoms with Crippen LogP contribution < -0.4 is 10.1 Å². The Kier molecular flexibility index (Phi) is 5.41. The van der Waals surface area contributed by atoms with E-state index in [1.54, 1.807) is 6.92 Å². The van der Waals surface area contributed by atoms with E-state index in [0.717, 1.165) is 6.07 Å². The van der Waals surface area contributed by atoms with Crippen molar-refractivity contribution in [2.75, 3.05) is 6.54 Å². The van der Waals surface area contributed by atoms with Crippen molar-refractivity contribution in [3.05, 3.63) is 29.0 Å². The molecule has 1 rings (SSSR count). The van der Waals surface area contributed by atoms with E-state index in [1.807, 2.05) is 13.8 Å². The van der Waals surface area contributed by atoms with Crippen LogP contribution in [0.15, 0.2) is 18.2 Å². The Balaban J connectivity index is 2.55. The Labute approximate surface area is 111 Å². The van der Waals surface area contributed by atoms with E-state index in [0.29, 0.717) is 12.5 Å². The summed E-state index contributed by atoms with van der Waals surface area (Å²) in [5.41, 5.74) is 0. The van der Waals surface area contributed by atoms with Crippen LogP contribution in [0.25, 0.3) is 0 Å². The monoisotopic (exact) mass is 273 g/mol. The number of halogens is 2. The van der Waals surface area contributed by atoms with Crippen LogP contribution in [0, 0.1) is 11.7 Å². The van der Waals surface area contributed by atoms with E-state index in [2.05, 4.69) is 5.32 Å². The zero-order valence-corrected chi connectivity index (χ0v) is 11.4. The average molecular weight is 274 g/mol. The molecule has 0 aromatic heterocycles. The standard InChI is InChI=1S/C13H17ClFNO2/c1-8(2)7-16-13(17)9(3)18-10-4-5-11(14)12(15)6-10/h4-6,8-9H,7H2,1-3H3,(H,16,17). The molecular formula is C13H17ClFNO2. The third kappa shape index (κ3) is 4.53. The predicted molar refractivity (Wildman–Crippen MR) is 69.3 cm³/mol. The molecule has 0 radical (unpaired) electrons. The second-order valence-corrected chi connectivity index (χ2v) is 4.88. The summed E-state index contributed by atoms with van der Waals surface area (Å²) in [5, 5.41) is 2.77. The van der Waals surface area contributed by atoms with Crippen LogP contribution in [0.4, 0.5) is 4.39 Å². The van der Waals surface area contributed by atoms with Gasteiger partial charge >= 0.3 is 0 Å². The van der Waals surface area contributed by atoms with Crippen LogP contribution in [-0.4, -0.2) is 18.6 Å². The van der Waals surface area contributed by atoms with Crippen molar-refractivity contribution < 1.29 is 13.9 Å². The number of hydrogen-bond acceptors (Lipinski definition) is 2. The summed E-state index contributed by atoms with van der Waals surface area (Å²) in [7, 11) is 0. The van der Waals surface area contributed by atoms with Gasteiger partial charge in [-0.1, -0.05) is 25.4 Å². The van der Waals surface area contributed by atoms with Gasteiger partial charge in [-0.05, 0) is 25.0 Å². The first-order chi connectivity index (χ1) is 8.40. The van der Waals surface area contributed by atoms with Crippen LogP contribution in [0.2, 0.25) is 5.02 Å². The van der Waals surface area contributed by atoms with Gasteiger partial charge in [0.1, 0.15) is 11.6 Å². The van der Waals surface area contributed by atoms with Gasteiger partial charge in [-0.2, -0.15) is 0 Å². The van der Waals surface area contributed by atoms with E-state index >= 15 is 0 Å². The fourth-order valence-electron chi connectivity index (χ4n) is 1.26. The van der Waals surface area contributed by atoms with Gasteiger partial charge in [0.2, 0.25) is 0 Å². The SMILES string of the molecule is CC(C)CNC(=O)C(C)Oc1ccc(Cl)c(F)c1. The van der Waals surface area contributed by atoms with Crippen LogP contribution in [0.3, 0.4) is 0 Å². The minimum Gasteiger partial charge on any atom is -0.481 e. The van der Waals surface area contributed by atoms with Gasteiger partial charge in [0, 0.05) is 12.6 Å². The molecule has 1 aromatic carbocycles. The molecule has 1 atom stereocenters. The zero-order chi connectivity index (χ0) is 13.7. The molecule has 0 aliphatic heterocycles. The Morgan fingerprint density at radius 2 is 2.11 bits per heavy atom. The van der Waals surface area contributed by atoms with Gasteiger partial charge in [-0.25, -0.2) is 4.39 Å². The minimum atomic E-state index is -0.677. The van der Waals surface area contributed by atoms with E-state index in [-0.39, 0.29) is 16.7 Å². The minimum absolute atomic E-state index is 0.0271. The molecule has 0 saturated carbocycles. The number of ether oxygens (including phenoxy) is 1. The van der Waals surface area contributed by atoms with Gasteiger partial charge in [-0.15, -0.1) is 0 Å². The normalized spacial score (nSPS) is 12.3. The molecule has 1 unspecified atom stereocenters. The van der Waals surface area contributed by atoms with Crippen molar-refractivity contribution >= 4 is 17.5 Å². The number of hydrogen-bond donors (Lipinski definition) is 1. The summed E-state index contributed by atoms with van der Waals surface area (Å²) >= 11 is 5.55. The number of rotatable bonds is 5. The molecule has 1 aromatic rings. The molecule has 100 valence electrons. The van der Waals surface area contributed by atoms with Crippen LogP contribution in [0.1, 0.15) is 20.8 Å². The highest BCUT2D eigenvalue weighted by molar-refractivity contribution is 6.30. The highest BCUT2D eigenvalue weighted by Gasteiger charge is 2.15. The number of carbonyl (C=O) groups excluding carboxylic acids is 1. The van der Waals surface area contributed by atoms with Gasteiger partial charge in [0.15, 0.2) is 6.10 Å². The molecule has 0 bridgehead atoms. The lowest BCUT2D eigenvalue weighted by atomic mass is 10.2. The fraction of sp³-hybridized carbons (Fsp3) is 0.462. The van der Waals surface area contributed by atoms with Gasteiger partial charge in [0.05, 0.1) is 5.02 Å². The Bertz CT molecular complexity index is 423. The van der Waals surface area contributed by atoms with Crippen LogP contribution >= 0.6 is 11.6 Å². The first-order valence-electron chi connectivity index (χ1n) is 5.79. The van der Waals surface area contributed by atoms with E-state index in [9.17, 15) is 9.18 Å². The summed E-state index contributed by atoms with van der Waals surface area (Å²) in [6.45, 7) is 6.20. The van der Waals surface area contributed by atoms with E-state index in [4.69, 9.17) is 16.3 Å². The van der Waals surface area contributed by atoms with Gasteiger partial charge < -0.3 is 10.1 Å². The second-order valence-electron chi connectivity index (χ2n) is 4.47. The largest absolute Gasteiger partial charge is 0.481 e. The molecule has 5 heteroatoms. The van der Waals surface area contributed by atoms with E-state index < -0.39 is 11.9 Å². The molecule has 0 aliphatic rings. The van der Waals surface area contributed by atoms with Crippen molar-refractivity contribution in [1.29, 1.82) is 0 Å². The predicted octanol–water partition coefficient (Wildman–Crippen LogP) is 3.02. The molecule has 0 heterocycles. The van der Waals surface area contributed by atoms with Crippen LogP contribution in [-0.2, 0) is 4.79 Å².